The van der Waals surface area contributed by atoms with Crippen molar-refractivity contribution >= 4 is 29.0 Å². The van der Waals surface area contributed by atoms with Crippen molar-refractivity contribution in [2.24, 2.45) is 17.3 Å². The molecule has 0 radical (unpaired) electrons. The van der Waals surface area contributed by atoms with E-state index in [4.69, 9.17) is 4.74 Å². The van der Waals surface area contributed by atoms with Crippen LogP contribution in [-0.4, -0.2) is 29.8 Å². The van der Waals surface area contributed by atoms with Gasteiger partial charge in [-0.05, 0) is 70.3 Å². The summed E-state index contributed by atoms with van der Waals surface area (Å²) >= 11 is 1.58. The lowest BCUT2D eigenvalue weighted by atomic mass is 9.47. The summed E-state index contributed by atoms with van der Waals surface area (Å²) in [7, 11) is 0. The third kappa shape index (κ3) is 3.33. The van der Waals surface area contributed by atoms with E-state index in [0.29, 0.717) is 23.8 Å². The molecule has 4 bridgehead atoms. The quantitative estimate of drug-likeness (QED) is 0.617. The molecule has 4 atom stereocenters. The predicted molar refractivity (Wildman–Crippen MR) is 103 cm³/mol. The second-order valence-electron chi connectivity index (χ2n) is 9.03. The topological polar surface area (TPSA) is 72.5 Å². The number of hydrogen-bond donors (Lipinski definition) is 1. The van der Waals surface area contributed by atoms with Crippen molar-refractivity contribution in [3.05, 3.63) is 21.4 Å². The molecule has 4 fully saturated rings. The monoisotopic (exact) mass is 389 g/mol. The van der Waals surface area contributed by atoms with Crippen molar-refractivity contribution < 1.29 is 19.1 Å². The van der Waals surface area contributed by atoms with Gasteiger partial charge in [0, 0.05) is 27.8 Å². The summed E-state index contributed by atoms with van der Waals surface area (Å²) in [4.78, 5) is 39.3. The Labute approximate surface area is 163 Å². The largest absolute Gasteiger partial charge is 0.457 e. The summed E-state index contributed by atoms with van der Waals surface area (Å²) < 4.78 is 5.56. The molecule has 0 aliphatic heterocycles. The molecule has 0 aromatic carbocycles. The van der Waals surface area contributed by atoms with Gasteiger partial charge in [0.25, 0.3) is 0 Å². The van der Waals surface area contributed by atoms with Crippen LogP contribution in [0.3, 0.4) is 0 Å². The van der Waals surface area contributed by atoms with Gasteiger partial charge in [0.2, 0.25) is 11.7 Å². The van der Waals surface area contributed by atoms with Crippen LogP contribution in [0, 0.1) is 31.1 Å². The number of ether oxygens (including phenoxy) is 1. The first-order chi connectivity index (χ1) is 12.7. The second kappa shape index (κ2) is 6.43. The highest BCUT2D eigenvalue weighted by Gasteiger charge is 2.61. The minimum absolute atomic E-state index is 0.0288. The Kier molecular flexibility index (Phi) is 4.45. The Morgan fingerprint density at radius 2 is 1.85 bits per heavy atom. The van der Waals surface area contributed by atoms with Crippen LogP contribution in [0.5, 0.6) is 0 Å². The van der Waals surface area contributed by atoms with Crippen molar-refractivity contribution in [1.29, 1.82) is 0 Å². The number of aryl methyl sites for hydroxylation is 2. The van der Waals surface area contributed by atoms with Crippen molar-refractivity contribution in [3.63, 3.8) is 0 Å². The molecule has 1 amide bonds. The van der Waals surface area contributed by atoms with Crippen molar-refractivity contribution in [2.75, 3.05) is 6.61 Å². The van der Waals surface area contributed by atoms with Crippen LogP contribution >= 0.6 is 11.3 Å². The Hall–Kier alpha value is -1.69. The highest BCUT2D eigenvalue weighted by atomic mass is 32.1. The first-order valence-corrected chi connectivity index (χ1v) is 10.6. The van der Waals surface area contributed by atoms with Gasteiger partial charge in [0.15, 0.2) is 6.61 Å². The molecule has 1 aromatic rings. The Bertz CT molecular complexity index is 797. The third-order valence-electron chi connectivity index (χ3n) is 6.61. The zero-order chi connectivity index (χ0) is 19.4. The average molecular weight is 390 g/mol. The fraction of sp³-hybridized carbons (Fsp3) is 0.667. The number of thiophene rings is 1. The number of carbonyl (C=O) groups excluding carboxylic acids is 3. The van der Waals surface area contributed by atoms with Crippen LogP contribution in [0.4, 0.5) is 0 Å². The van der Waals surface area contributed by atoms with Crippen LogP contribution in [0.25, 0.3) is 0 Å². The van der Waals surface area contributed by atoms with E-state index in [2.05, 4.69) is 5.32 Å². The molecule has 4 aliphatic carbocycles. The van der Waals surface area contributed by atoms with Crippen LogP contribution in [0.2, 0.25) is 0 Å². The lowest BCUT2D eigenvalue weighted by molar-refractivity contribution is -0.174. The first kappa shape index (κ1) is 18.7. The van der Waals surface area contributed by atoms with Crippen molar-refractivity contribution in [3.8, 4) is 0 Å². The zero-order valence-electron chi connectivity index (χ0n) is 16.2. The summed E-state index contributed by atoms with van der Waals surface area (Å²) in [6.07, 6.45) is 5.37. The van der Waals surface area contributed by atoms with E-state index < -0.39 is 5.41 Å². The summed E-state index contributed by atoms with van der Waals surface area (Å²) in [5.74, 6) is 0.515. The van der Waals surface area contributed by atoms with E-state index in [-0.39, 0.29) is 29.8 Å². The number of nitrogens with one attached hydrogen (secondary N) is 1. The Balaban J connectivity index is 1.47. The predicted octanol–water partition coefficient (Wildman–Crippen LogP) is 3.57. The lowest BCUT2D eigenvalue weighted by Crippen LogP contribution is -2.64. The summed E-state index contributed by atoms with van der Waals surface area (Å²) in [5.41, 5.74) is -0.141. The third-order valence-corrected chi connectivity index (χ3v) is 7.58. The maximum Gasteiger partial charge on any atom is 0.312 e. The summed E-state index contributed by atoms with van der Waals surface area (Å²) in [5, 5.41) is 3.16. The van der Waals surface area contributed by atoms with Crippen LogP contribution in [0.1, 0.15) is 65.6 Å². The SMILES string of the molecule is CC(=O)NC12C[C@H]3C[C@@H](C1)CC(C(=O)OCC(=O)c1cc(C)sc1C)(C3)C2. The number of hydrogen-bond acceptors (Lipinski definition) is 5. The number of amides is 1. The molecular weight excluding hydrogens is 362 g/mol. The summed E-state index contributed by atoms with van der Waals surface area (Å²) in [6, 6.07) is 1.87. The molecule has 0 spiro atoms. The normalized spacial score (nSPS) is 33.7. The van der Waals surface area contributed by atoms with E-state index in [1.807, 2.05) is 19.9 Å². The molecule has 6 heteroatoms. The molecule has 1 N–H and O–H groups in total. The Morgan fingerprint density at radius 1 is 1.19 bits per heavy atom. The van der Waals surface area contributed by atoms with Gasteiger partial charge < -0.3 is 10.1 Å². The van der Waals surface area contributed by atoms with Crippen LogP contribution < -0.4 is 5.32 Å². The molecule has 0 saturated heterocycles. The van der Waals surface area contributed by atoms with Gasteiger partial charge in [-0.3, -0.25) is 14.4 Å². The average Bonchev–Trinajstić information content (AvgIpc) is 2.88. The molecule has 2 unspecified atom stereocenters. The van der Waals surface area contributed by atoms with Gasteiger partial charge in [-0.15, -0.1) is 11.3 Å². The molecule has 146 valence electrons. The molecule has 4 saturated carbocycles. The van der Waals surface area contributed by atoms with E-state index in [1.165, 1.54) is 0 Å². The van der Waals surface area contributed by atoms with Gasteiger partial charge in [-0.25, -0.2) is 0 Å². The number of esters is 1. The minimum atomic E-state index is -0.535. The highest BCUT2D eigenvalue weighted by Crippen LogP contribution is 2.62. The highest BCUT2D eigenvalue weighted by molar-refractivity contribution is 7.12. The van der Waals surface area contributed by atoms with Gasteiger partial charge in [0.05, 0.1) is 5.41 Å². The maximum atomic E-state index is 13.1. The molecule has 4 aliphatic rings. The number of ketones is 1. The Morgan fingerprint density at radius 3 is 2.41 bits per heavy atom. The number of Topliss-reactive ketones (excluding diaryl/α,β-unsaturated/α-hetero) is 1. The van der Waals surface area contributed by atoms with Gasteiger partial charge in [-0.1, -0.05) is 0 Å². The molecule has 1 aromatic heterocycles. The van der Waals surface area contributed by atoms with Crippen LogP contribution in [-0.2, 0) is 14.3 Å². The smallest absolute Gasteiger partial charge is 0.312 e. The number of rotatable bonds is 5. The number of carbonyl (C=O) groups is 3. The summed E-state index contributed by atoms with van der Waals surface area (Å²) in [6.45, 7) is 5.24. The fourth-order valence-corrected chi connectivity index (χ4v) is 7.23. The molecule has 5 nitrogen and oxygen atoms in total. The van der Waals surface area contributed by atoms with E-state index in [0.717, 1.165) is 41.9 Å². The van der Waals surface area contributed by atoms with Crippen LogP contribution in [0.15, 0.2) is 6.07 Å². The van der Waals surface area contributed by atoms with Gasteiger partial charge >= 0.3 is 5.97 Å². The van der Waals surface area contributed by atoms with E-state index in [1.54, 1.807) is 18.3 Å². The molecule has 5 rings (SSSR count). The van der Waals surface area contributed by atoms with Crippen molar-refractivity contribution in [1.82, 2.24) is 5.32 Å². The van der Waals surface area contributed by atoms with Gasteiger partial charge in [-0.2, -0.15) is 0 Å². The standard InChI is InChI=1S/C21H27NO4S/c1-12-4-17(13(2)27-12)18(24)10-26-19(25)20-6-15-5-16(7-20)9-21(8-15,11-20)22-14(3)23/h4,15-16H,5-11H2,1-3H3,(H,22,23)/t15-,16+,20?,21?. The first-order valence-electron chi connectivity index (χ1n) is 9.77. The van der Waals surface area contributed by atoms with E-state index >= 15 is 0 Å². The molecular formula is C21H27NO4S. The maximum absolute atomic E-state index is 13.1. The van der Waals surface area contributed by atoms with Gasteiger partial charge in [0.1, 0.15) is 0 Å². The zero-order valence-corrected chi connectivity index (χ0v) is 17.0. The minimum Gasteiger partial charge on any atom is -0.457 e. The van der Waals surface area contributed by atoms with E-state index in [9.17, 15) is 14.4 Å². The second-order valence-corrected chi connectivity index (χ2v) is 10.5. The van der Waals surface area contributed by atoms with Crippen molar-refractivity contribution in [2.45, 2.75) is 64.8 Å². The molecule has 1 heterocycles. The fourth-order valence-electron chi connectivity index (χ4n) is 6.29. The molecule has 27 heavy (non-hydrogen) atoms. The lowest BCUT2D eigenvalue weighted by Gasteiger charge is -2.60.